The van der Waals surface area contributed by atoms with Crippen LogP contribution in [0.5, 0.6) is 5.75 Å². The van der Waals surface area contributed by atoms with Crippen LogP contribution in [0.3, 0.4) is 0 Å². The summed E-state index contributed by atoms with van der Waals surface area (Å²) in [5.74, 6) is 0.635. The molecule has 0 saturated carbocycles. The molecule has 0 atom stereocenters. The van der Waals surface area contributed by atoms with Crippen molar-refractivity contribution in [3.05, 3.63) is 53.8 Å². The van der Waals surface area contributed by atoms with E-state index in [4.69, 9.17) is 10.8 Å². The number of anilines is 1. The fraction of sp³-hybridized carbons (Fsp3) is 0.0769. The predicted molar refractivity (Wildman–Crippen MR) is 68.5 cm³/mol. The van der Waals surface area contributed by atoms with E-state index in [1.54, 1.807) is 18.2 Å². The molecule has 2 aromatic rings. The molecule has 0 aliphatic carbocycles. The van der Waals surface area contributed by atoms with Gasteiger partial charge in [0, 0.05) is 16.3 Å². The van der Waals surface area contributed by atoms with Gasteiger partial charge in [0.05, 0.1) is 0 Å². The van der Waals surface area contributed by atoms with Gasteiger partial charge in [0.15, 0.2) is 0 Å². The van der Waals surface area contributed by atoms with Crippen LogP contribution in [0.1, 0.15) is 5.56 Å². The first-order valence-electron chi connectivity index (χ1n) is 5.10. The first kappa shape index (κ1) is 11.8. The summed E-state index contributed by atoms with van der Waals surface area (Å²) in [5, 5.41) is 9.14. The minimum Gasteiger partial charge on any atom is -0.508 e. The van der Waals surface area contributed by atoms with Crippen molar-refractivity contribution in [3.63, 3.8) is 0 Å². The monoisotopic (exact) mass is 249 g/mol. The van der Waals surface area contributed by atoms with Crippen LogP contribution in [0.2, 0.25) is 0 Å². The van der Waals surface area contributed by atoms with Crippen molar-refractivity contribution in [2.75, 3.05) is 5.73 Å². The summed E-state index contributed by atoms with van der Waals surface area (Å²) in [7, 11) is 0. The highest BCUT2D eigenvalue weighted by Gasteiger charge is 2.00. The molecule has 0 spiro atoms. The summed E-state index contributed by atoms with van der Waals surface area (Å²) < 4.78 is 13.1. The summed E-state index contributed by atoms with van der Waals surface area (Å²) in [6, 6.07) is 11.4. The van der Waals surface area contributed by atoms with E-state index in [2.05, 4.69) is 0 Å². The van der Waals surface area contributed by atoms with E-state index in [0.29, 0.717) is 11.4 Å². The summed E-state index contributed by atoms with van der Waals surface area (Å²) in [5.41, 5.74) is 7.06. The SMILES string of the molecule is Nc1cc(F)cc(SCc2ccc(O)cc2)c1. The van der Waals surface area contributed by atoms with Gasteiger partial charge in [0.25, 0.3) is 0 Å². The Morgan fingerprint density at radius 2 is 1.82 bits per heavy atom. The Labute approximate surface area is 103 Å². The maximum Gasteiger partial charge on any atom is 0.126 e. The lowest BCUT2D eigenvalue weighted by atomic mass is 10.2. The van der Waals surface area contributed by atoms with Crippen LogP contribution in [0, 0.1) is 5.82 Å². The van der Waals surface area contributed by atoms with Gasteiger partial charge in [-0.3, -0.25) is 0 Å². The maximum absolute atomic E-state index is 13.1. The lowest BCUT2D eigenvalue weighted by Crippen LogP contribution is -1.87. The molecule has 0 heterocycles. The minimum absolute atomic E-state index is 0.244. The zero-order chi connectivity index (χ0) is 12.3. The van der Waals surface area contributed by atoms with Crippen LogP contribution in [0.4, 0.5) is 10.1 Å². The quantitative estimate of drug-likeness (QED) is 0.647. The Hall–Kier alpha value is -1.68. The summed E-state index contributed by atoms with van der Waals surface area (Å²) in [6.45, 7) is 0. The Bertz CT molecular complexity index is 493. The molecule has 0 aliphatic heterocycles. The lowest BCUT2D eigenvalue weighted by molar-refractivity contribution is 0.475. The standard InChI is InChI=1S/C13H12FNOS/c14-10-5-11(15)7-13(6-10)17-8-9-1-3-12(16)4-2-9/h1-7,16H,8,15H2. The number of phenolic OH excluding ortho intramolecular Hbond substituents is 1. The fourth-order valence-corrected chi connectivity index (χ4v) is 2.37. The average Bonchev–Trinajstić information content (AvgIpc) is 2.27. The predicted octanol–water partition coefficient (Wildman–Crippen LogP) is 3.41. The van der Waals surface area contributed by atoms with Crippen molar-refractivity contribution in [3.8, 4) is 5.75 Å². The van der Waals surface area contributed by atoms with E-state index in [0.717, 1.165) is 10.5 Å². The maximum atomic E-state index is 13.1. The van der Waals surface area contributed by atoms with Crippen molar-refractivity contribution < 1.29 is 9.50 Å². The topological polar surface area (TPSA) is 46.2 Å². The fourth-order valence-electron chi connectivity index (χ4n) is 1.43. The molecule has 0 aromatic heterocycles. The van der Waals surface area contributed by atoms with Gasteiger partial charge in [-0.2, -0.15) is 0 Å². The van der Waals surface area contributed by atoms with Crippen LogP contribution < -0.4 is 5.73 Å². The molecule has 0 saturated heterocycles. The molecule has 17 heavy (non-hydrogen) atoms. The number of hydrogen-bond acceptors (Lipinski definition) is 3. The van der Waals surface area contributed by atoms with Gasteiger partial charge in [0.1, 0.15) is 11.6 Å². The van der Waals surface area contributed by atoms with Crippen molar-refractivity contribution in [2.24, 2.45) is 0 Å². The van der Waals surface area contributed by atoms with Gasteiger partial charge < -0.3 is 10.8 Å². The smallest absolute Gasteiger partial charge is 0.126 e. The summed E-state index contributed by atoms with van der Waals surface area (Å²) in [6.07, 6.45) is 0. The molecule has 0 aliphatic rings. The highest BCUT2D eigenvalue weighted by atomic mass is 32.2. The van der Waals surface area contributed by atoms with Gasteiger partial charge in [0.2, 0.25) is 0 Å². The first-order chi connectivity index (χ1) is 8.13. The number of rotatable bonds is 3. The van der Waals surface area contributed by atoms with Crippen LogP contribution >= 0.6 is 11.8 Å². The van der Waals surface area contributed by atoms with Crippen LogP contribution in [-0.2, 0) is 5.75 Å². The van der Waals surface area contributed by atoms with Gasteiger partial charge in [-0.15, -0.1) is 11.8 Å². The van der Waals surface area contributed by atoms with E-state index in [1.807, 2.05) is 12.1 Å². The number of hydrogen-bond donors (Lipinski definition) is 2. The van der Waals surface area contributed by atoms with Crippen molar-refractivity contribution in [2.45, 2.75) is 10.6 Å². The largest absolute Gasteiger partial charge is 0.508 e. The summed E-state index contributed by atoms with van der Waals surface area (Å²) in [4.78, 5) is 0.801. The Balaban J connectivity index is 2.04. The molecule has 88 valence electrons. The zero-order valence-electron chi connectivity index (χ0n) is 9.06. The summed E-state index contributed by atoms with van der Waals surface area (Å²) >= 11 is 1.51. The molecule has 2 aromatic carbocycles. The minimum atomic E-state index is -0.321. The lowest BCUT2D eigenvalue weighted by Gasteiger charge is -2.04. The third kappa shape index (κ3) is 3.39. The van der Waals surface area contributed by atoms with E-state index in [-0.39, 0.29) is 11.6 Å². The van der Waals surface area contributed by atoms with E-state index < -0.39 is 0 Å². The average molecular weight is 249 g/mol. The zero-order valence-corrected chi connectivity index (χ0v) is 9.88. The third-order valence-corrected chi connectivity index (χ3v) is 3.28. The van der Waals surface area contributed by atoms with Crippen LogP contribution in [-0.4, -0.2) is 5.11 Å². The van der Waals surface area contributed by atoms with Gasteiger partial charge >= 0.3 is 0 Å². The number of benzene rings is 2. The van der Waals surface area contributed by atoms with Gasteiger partial charge in [-0.25, -0.2) is 4.39 Å². The van der Waals surface area contributed by atoms with Crippen molar-refractivity contribution in [1.82, 2.24) is 0 Å². The first-order valence-corrected chi connectivity index (χ1v) is 6.09. The Morgan fingerprint density at radius 3 is 2.47 bits per heavy atom. The molecule has 3 N–H and O–H groups in total. The second-order valence-electron chi connectivity index (χ2n) is 3.68. The van der Waals surface area contributed by atoms with Crippen LogP contribution in [0.15, 0.2) is 47.4 Å². The molecular weight excluding hydrogens is 237 g/mol. The third-order valence-electron chi connectivity index (χ3n) is 2.24. The number of phenols is 1. The number of halogens is 1. The van der Waals surface area contributed by atoms with Gasteiger partial charge in [-0.05, 0) is 35.9 Å². The normalized spacial score (nSPS) is 10.4. The molecule has 0 amide bonds. The molecule has 0 fully saturated rings. The number of thioether (sulfide) groups is 1. The molecule has 2 rings (SSSR count). The Kier molecular flexibility index (Phi) is 3.54. The van der Waals surface area contributed by atoms with Crippen molar-refractivity contribution >= 4 is 17.4 Å². The van der Waals surface area contributed by atoms with E-state index in [9.17, 15) is 4.39 Å². The highest BCUT2D eigenvalue weighted by Crippen LogP contribution is 2.26. The second-order valence-corrected chi connectivity index (χ2v) is 4.72. The van der Waals surface area contributed by atoms with Crippen LogP contribution in [0.25, 0.3) is 0 Å². The number of nitrogen functional groups attached to an aromatic ring is 1. The number of nitrogens with two attached hydrogens (primary N) is 1. The molecule has 0 unspecified atom stereocenters. The molecule has 4 heteroatoms. The van der Waals surface area contributed by atoms with Crippen molar-refractivity contribution in [1.29, 1.82) is 0 Å². The molecule has 0 bridgehead atoms. The second kappa shape index (κ2) is 5.10. The molecule has 2 nitrogen and oxygen atoms in total. The molecule has 0 radical (unpaired) electrons. The van der Waals surface area contributed by atoms with Gasteiger partial charge in [-0.1, -0.05) is 12.1 Å². The number of aromatic hydroxyl groups is 1. The molecular formula is C13H12FNOS. The van der Waals surface area contributed by atoms with E-state index >= 15 is 0 Å². The van der Waals surface area contributed by atoms with E-state index in [1.165, 1.54) is 23.9 Å². The highest BCUT2D eigenvalue weighted by molar-refractivity contribution is 7.98. The Morgan fingerprint density at radius 1 is 1.12 bits per heavy atom.